The fraction of sp³-hybridized carbons (Fsp3) is 0.238. The molecule has 9 heteroatoms. The number of sulfonamides is 1. The van der Waals surface area contributed by atoms with Crippen molar-refractivity contribution in [3.8, 4) is 10.6 Å². The highest BCUT2D eigenvalue weighted by Crippen LogP contribution is 2.28. The van der Waals surface area contributed by atoms with Crippen LogP contribution in [-0.2, 0) is 21.2 Å². The van der Waals surface area contributed by atoms with Gasteiger partial charge in [0.05, 0.1) is 23.3 Å². The van der Waals surface area contributed by atoms with Crippen LogP contribution in [0.5, 0.6) is 0 Å². The van der Waals surface area contributed by atoms with Gasteiger partial charge in [-0.05, 0) is 43.7 Å². The molecule has 6 nitrogen and oxygen atoms in total. The predicted octanol–water partition coefficient (Wildman–Crippen LogP) is 4.39. The number of carbonyl (C=O) groups is 1. The minimum absolute atomic E-state index is 0.0188. The lowest BCUT2D eigenvalue weighted by molar-refractivity contribution is 0.0599. The molecule has 0 aliphatic carbocycles. The molecular weight excluding hydrogens is 444 g/mol. The third-order valence-corrected chi connectivity index (χ3v) is 7.34. The molecule has 0 fully saturated rings. The molecule has 158 valence electrons. The van der Waals surface area contributed by atoms with Gasteiger partial charge in [0.1, 0.15) is 5.01 Å². The molecule has 0 radical (unpaired) electrons. The van der Waals surface area contributed by atoms with Crippen LogP contribution in [0, 0.1) is 13.8 Å². The molecule has 3 aromatic rings. The monoisotopic (exact) mass is 464 g/mol. The summed E-state index contributed by atoms with van der Waals surface area (Å²) in [7, 11) is -2.51. The summed E-state index contributed by atoms with van der Waals surface area (Å²) >= 11 is 7.49. The highest BCUT2D eigenvalue weighted by molar-refractivity contribution is 7.89. The van der Waals surface area contributed by atoms with Crippen LogP contribution in [0.25, 0.3) is 10.6 Å². The third-order valence-electron chi connectivity index (χ3n) is 4.56. The number of thiazole rings is 1. The summed E-state index contributed by atoms with van der Waals surface area (Å²) in [6, 6.07) is 11.8. The Kier molecular flexibility index (Phi) is 6.92. The number of benzene rings is 2. The molecular formula is C21H21ClN2O4S2. The zero-order chi connectivity index (χ0) is 21.9. The molecule has 0 spiro atoms. The Morgan fingerprint density at radius 3 is 2.53 bits per heavy atom. The predicted molar refractivity (Wildman–Crippen MR) is 119 cm³/mol. The van der Waals surface area contributed by atoms with Crippen LogP contribution in [0.3, 0.4) is 0 Å². The van der Waals surface area contributed by atoms with Crippen LogP contribution in [0.2, 0.25) is 5.02 Å². The zero-order valence-corrected chi connectivity index (χ0v) is 19.1. The molecule has 0 saturated heterocycles. The number of aryl methyl sites for hydroxylation is 2. The second kappa shape index (κ2) is 9.26. The van der Waals surface area contributed by atoms with E-state index in [9.17, 15) is 13.2 Å². The lowest BCUT2D eigenvalue weighted by Crippen LogP contribution is -2.26. The topological polar surface area (TPSA) is 85.4 Å². The summed E-state index contributed by atoms with van der Waals surface area (Å²) in [5.74, 6) is -0.572. The number of nitrogens with zero attached hydrogens (tertiary/aromatic N) is 1. The smallest absolute Gasteiger partial charge is 0.338 e. The normalized spacial score (nSPS) is 11.5. The quantitative estimate of drug-likeness (QED) is 0.524. The maximum Gasteiger partial charge on any atom is 0.338 e. The molecule has 30 heavy (non-hydrogen) atoms. The van der Waals surface area contributed by atoms with E-state index in [0.717, 1.165) is 21.1 Å². The molecule has 1 heterocycles. The van der Waals surface area contributed by atoms with Crippen molar-refractivity contribution in [1.29, 1.82) is 0 Å². The average Bonchev–Trinajstić information content (AvgIpc) is 3.08. The molecule has 0 bridgehead atoms. The molecule has 3 rings (SSSR count). The van der Waals surface area contributed by atoms with Gasteiger partial charge in [0, 0.05) is 28.4 Å². The number of aromatic nitrogens is 1. The largest absolute Gasteiger partial charge is 0.465 e. The summed E-state index contributed by atoms with van der Waals surface area (Å²) in [4.78, 5) is 17.5. The van der Waals surface area contributed by atoms with Gasteiger partial charge in [0.15, 0.2) is 0 Å². The molecule has 0 unspecified atom stereocenters. The van der Waals surface area contributed by atoms with Crippen LogP contribution in [-0.4, -0.2) is 33.0 Å². The van der Waals surface area contributed by atoms with Crippen molar-refractivity contribution in [3.05, 3.63) is 69.2 Å². The molecule has 0 saturated carbocycles. The Bertz CT molecular complexity index is 1170. The van der Waals surface area contributed by atoms with Crippen molar-refractivity contribution in [3.63, 3.8) is 0 Å². The van der Waals surface area contributed by atoms with E-state index in [1.807, 2.05) is 31.2 Å². The molecule has 1 N–H and O–H groups in total. The van der Waals surface area contributed by atoms with Gasteiger partial charge in [-0.1, -0.05) is 29.8 Å². The van der Waals surface area contributed by atoms with Crippen molar-refractivity contribution >= 4 is 38.9 Å². The average molecular weight is 465 g/mol. The van der Waals surface area contributed by atoms with Crippen LogP contribution in [0.4, 0.5) is 0 Å². The van der Waals surface area contributed by atoms with Gasteiger partial charge in [-0.15, -0.1) is 11.3 Å². The number of rotatable bonds is 7. The van der Waals surface area contributed by atoms with Crippen molar-refractivity contribution < 1.29 is 17.9 Å². The fourth-order valence-electron chi connectivity index (χ4n) is 2.86. The van der Waals surface area contributed by atoms with Crippen LogP contribution in [0.15, 0.2) is 47.4 Å². The zero-order valence-electron chi connectivity index (χ0n) is 16.7. The number of hydrogen-bond donors (Lipinski definition) is 1. The van der Waals surface area contributed by atoms with Gasteiger partial charge in [0.25, 0.3) is 0 Å². The number of nitrogens with one attached hydrogen (secondary N) is 1. The number of halogens is 1. The van der Waals surface area contributed by atoms with E-state index in [4.69, 9.17) is 16.3 Å². The van der Waals surface area contributed by atoms with Crippen LogP contribution in [0.1, 0.15) is 26.5 Å². The molecule has 2 aromatic carbocycles. The molecule has 0 aliphatic heterocycles. The fourth-order valence-corrected chi connectivity index (χ4v) is 5.01. The van der Waals surface area contributed by atoms with Crippen LogP contribution >= 0.6 is 22.9 Å². The Morgan fingerprint density at radius 1 is 1.17 bits per heavy atom. The standard InChI is InChI=1S/C21H21ClN2O4S2/c1-13-4-9-17(12-18(13)21(25)28-3)30(26,27)23-11-10-19-14(2)29-20(24-19)15-5-7-16(22)8-6-15/h4-9,12,23H,10-11H2,1-3H3. The van der Waals surface area contributed by atoms with E-state index < -0.39 is 16.0 Å². The Labute approximate surface area is 184 Å². The van der Waals surface area contributed by atoms with Crippen LogP contribution < -0.4 is 4.72 Å². The first-order valence-electron chi connectivity index (χ1n) is 9.12. The summed E-state index contributed by atoms with van der Waals surface area (Å²) in [5, 5.41) is 1.52. The summed E-state index contributed by atoms with van der Waals surface area (Å²) in [5.41, 5.74) is 2.68. The van der Waals surface area contributed by atoms with Gasteiger partial charge in [0.2, 0.25) is 10.0 Å². The van der Waals surface area contributed by atoms with Crippen molar-refractivity contribution in [2.45, 2.75) is 25.2 Å². The number of esters is 1. The van der Waals surface area contributed by atoms with Crippen molar-refractivity contribution in [2.24, 2.45) is 0 Å². The molecule has 0 atom stereocenters. The summed E-state index contributed by atoms with van der Waals surface area (Å²) in [6.45, 7) is 3.87. The maximum absolute atomic E-state index is 12.6. The highest BCUT2D eigenvalue weighted by Gasteiger charge is 2.19. The van der Waals surface area contributed by atoms with Crippen molar-refractivity contribution in [1.82, 2.24) is 9.71 Å². The second-order valence-electron chi connectivity index (χ2n) is 6.64. The Balaban J connectivity index is 1.70. The van der Waals surface area contributed by atoms with Crippen molar-refractivity contribution in [2.75, 3.05) is 13.7 Å². The number of methoxy groups -OCH3 is 1. The number of hydrogen-bond acceptors (Lipinski definition) is 6. The van der Waals surface area contributed by atoms with E-state index in [2.05, 4.69) is 9.71 Å². The van der Waals surface area contributed by atoms with Gasteiger partial charge >= 0.3 is 5.97 Å². The second-order valence-corrected chi connectivity index (χ2v) is 10.1. The Morgan fingerprint density at radius 2 is 1.87 bits per heavy atom. The lowest BCUT2D eigenvalue weighted by atomic mass is 10.1. The molecule has 1 aromatic heterocycles. The first-order chi connectivity index (χ1) is 14.2. The summed E-state index contributed by atoms with van der Waals surface area (Å²) < 4.78 is 32.6. The van der Waals surface area contributed by atoms with E-state index in [-0.39, 0.29) is 17.0 Å². The minimum Gasteiger partial charge on any atom is -0.465 e. The first-order valence-corrected chi connectivity index (χ1v) is 11.8. The van der Waals surface area contributed by atoms with Gasteiger partial charge < -0.3 is 4.74 Å². The number of ether oxygens (including phenoxy) is 1. The SMILES string of the molecule is COC(=O)c1cc(S(=O)(=O)NCCc2nc(-c3ccc(Cl)cc3)sc2C)ccc1C. The Hall–Kier alpha value is -2.26. The van der Waals surface area contributed by atoms with Gasteiger partial charge in [-0.3, -0.25) is 0 Å². The highest BCUT2D eigenvalue weighted by atomic mass is 35.5. The van der Waals surface area contributed by atoms with Gasteiger partial charge in [-0.2, -0.15) is 0 Å². The molecule has 0 aliphatic rings. The molecule has 0 amide bonds. The van der Waals surface area contributed by atoms with E-state index in [1.165, 1.54) is 19.2 Å². The van der Waals surface area contributed by atoms with E-state index >= 15 is 0 Å². The van der Waals surface area contributed by atoms with E-state index in [0.29, 0.717) is 17.0 Å². The maximum atomic E-state index is 12.6. The van der Waals surface area contributed by atoms with Gasteiger partial charge in [-0.25, -0.2) is 22.9 Å². The third kappa shape index (κ3) is 5.07. The minimum atomic E-state index is -3.77. The number of carbonyl (C=O) groups excluding carboxylic acids is 1. The lowest BCUT2D eigenvalue weighted by Gasteiger charge is -2.09. The van der Waals surface area contributed by atoms with E-state index in [1.54, 1.807) is 24.3 Å². The first kappa shape index (κ1) is 22.4. The summed E-state index contributed by atoms with van der Waals surface area (Å²) in [6.07, 6.45) is 0.449.